The molecule has 0 saturated carbocycles. The van der Waals surface area contributed by atoms with Crippen LogP contribution >= 0.6 is 11.3 Å². The van der Waals surface area contributed by atoms with E-state index in [2.05, 4.69) is 22.2 Å². The normalized spacial score (nSPS) is 9.92. The van der Waals surface area contributed by atoms with Gasteiger partial charge in [0.15, 0.2) is 5.01 Å². The second-order valence-corrected chi connectivity index (χ2v) is 5.42. The quantitative estimate of drug-likeness (QED) is 0.750. The summed E-state index contributed by atoms with van der Waals surface area (Å²) in [6, 6.07) is 5.03. The van der Waals surface area contributed by atoms with Crippen molar-refractivity contribution in [3.05, 3.63) is 46.9 Å². The standard InChI is InChI=1S/C16H17N3O4S/c1-4-7-17-15(21)16-19-12(9-24-16)14(20)18-11-6-5-10(22-2)8-13(11)23-3/h4-6,8-9H,1,7H2,2-3H3,(H,17,21)(H,18,20). The Hall–Kier alpha value is -2.87. The molecule has 2 rings (SSSR count). The van der Waals surface area contributed by atoms with Crippen LogP contribution in [0.2, 0.25) is 0 Å². The molecule has 2 aromatic rings. The van der Waals surface area contributed by atoms with Crippen LogP contribution in [0, 0.1) is 0 Å². The summed E-state index contributed by atoms with van der Waals surface area (Å²) < 4.78 is 10.3. The largest absolute Gasteiger partial charge is 0.497 e. The predicted octanol–water partition coefficient (Wildman–Crippen LogP) is 2.33. The summed E-state index contributed by atoms with van der Waals surface area (Å²) in [5.41, 5.74) is 0.635. The average molecular weight is 347 g/mol. The van der Waals surface area contributed by atoms with Gasteiger partial charge in [-0.2, -0.15) is 0 Å². The van der Waals surface area contributed by atoms with Crippen LogP contribution in [0.4, 0.5) is 5.69 Å². The van der Waals surface area contributed by atoms with Crippen molar-refractivity contribution in [3.8, 4) is 11.5 Å². The third-order valence-corrected chi connectivity index (χ3v) is 3.84. The Balaban J connectivity index is 2.12. The number of nitrogens with one attached hydrogen (secondary N) is 2. The number of hydrogen-bond donors (Lipinski definition) is 2. The van der Waals surface area contributed by atoms with E-state index in [4.69, 9.17) is 9.47 Å². The predicted molar refractivity (Wildman–Crippen MR) is 92.1 cm³/mol. The van der Waals surface area contributed by atoms with Gasteiger partial charge in [0, 0.05) is 18.0 Å². The zero-order chi connectivity index (χ0) is 17.5. The Morgan fingerprint density at radius 3 is 2.75 bits per heavy atom. The van der Waals surface area contributed by atoms with Gasteiger partial charge in [0.05, 0.1) is 19.9 Å². The van der Waals surface area contributed by atoms with Gasteiger partial charge >= 0.3 is 0 Å². The molecule has 1 heterocycles. The van der Waals surface area contributed by atoms with Crippen molar-refractivity contribution in [2.75, 3.05) is 26.1 Å². The Labute approximate surface area is 143 Å². The highest BCUT2D eigenvalue weighted by Crippen LogP contribution is 2.29. The Kier molecular flexibility index (Phi) is 5.91. The van der Waals surface area contributed by atoms with E-state index in [0.717, 1.165) is 11.3 Å². The van der Waals surface area contributed by atoms with Crippen LogP contribution in [0.5, 0.6) is 11.5 Å². The molecule has 7 nitrogen and oxygen atoms in total. The molecule has 126 valence electrons. The molecule has 1 aromatic heterocycles. The Morgan fingerprint density at radius 1 is 1.29 bits per heavy atom. The molecule has 2 N–H and O–H groups in total. The van der Waals surface area contributed by atoms with E-state index < -0.39 is 5.91 Å². The summed E-state index contributed by atoms with van der Waals surface area (Å²) in [6.07, 6.45) is 1.56. The summed E-state index contributed by atoms with van der Waals surface area (Å²) in [7, 11) is 3.04. The van der Waals surface area contributed by atoms with Crippen LogP contribution in [0.1, 0.15) is 20.3 Å². The molecule has 2 amide bonds. The zero-order valence-electron chi connectivity index (χ0n) is 13.3. The number of benzene rings is 1. The minimum atomic E-state index is -0.433. The zero-order valence-corrected chi connectivity index (χ0v) is 14.1. The van der Waals surface area contributed by atoms with Crippen LogP contribution < -0.4 is 20.1 Å². The molecular formula is C16H17N3O4S. The maximum atomic E-state index is 12.3. The lowest BCUT2D eigenvalue weighted by molar-refractivity contribution is 0.0957. The van der Waals surface area contributed by atoms with Crippen LogP contribution in [-0.2, 0) is 0 Å². The third-order valence-electron chi connectivity index (χ3n) is 2.99. The van der Waals surface area contributed by atoms with Gasteiger partial charge in [0.2, 0.25) is 0 Å². The van der Waals surface area contributed by atoms with Crippen molar-refractivity contribution in [1.82, 2.24) is 10.3 Å². The number of aromatic nitrogens is 1. The van der Waals surface area contributed by atoms with Gasteiger partial charge in [-0.3, -0.25) is 9.59 Å². The number of thiazole rings is 1. The molecule has 0 aliphatic rings. The minimum Gasteiger partial charge on any atom is -0.497 e. The first-order chi connectivity index (χ1) is 11.6. The highest BCUT2D eigenvalue weighted by Gasteiger charge is 2.16. The fraction of sp³-hybridized carbons (Fsp3) is 0.188. The molecule has 0 aliphatic carbocycles. The second kappa shape index (κ2) is 8.11. The summed E-state index contributed by atoms with van der Waals surface area (Å²) in [4.78, 5) is 28.1. The molecule has 1 aromatic carbocycles. The van der Waals surface area contributed by atoms with E-state index in [1.807, 2.05) is 0 Å². The smallest absolute Gasteiger partial charge is 0.280 e. The van der Waals surface area contributed by atoms with E-state index in [0.29, 0.717) is 23.7 Å². The number of rotatable bonds is 7. The minimum absolute atomic E-state index is 0.154. The number of ether oxygens (including phenoxy) is 2. The lowest BCUT2D eigenvalue weighted by atomic mass is 10.2. The fourth-order valence-electron chi connectivity index (χ4n) is 1.81. The van der Waals surface area contributed by atoms with Crippen LogP contribution in [-0.4, -0.2) is 37.6 Å². The maximum absolute atomic E-state index is 12.3. The van der Waals surface area contributed by atoms with Crippen molar-refractivity contribution >= 4 is 28.8 Å². The van der Waals surface area contributed by atoms with Crippen LogP contribution in [0.3, 0.4) is 0 Å². The average Bonchev–Trinajstić information content (AvgIpc) is 3.10. The van der Waals surface area contributed by atoms with Gasteiger partial charge in [-0.05, 0) is 12.1 Å². The molecular weight excluding hydrogens is 330 g/mol. The molecule has 24 heavy (non-hydrogen) atoms. The lowest BCUT2D eigenvalue weighted by Crippen LogP contribution is -2.23. The molecule has 0 bridgehead atoms. The number of carbonyl (C=O) groups is 2. The van der Waals surface area contributed by atoms with E-state index in [1.54, 1.807) is 31.4 Å². The van der Waals surface area contributed by atoms with Crippen molar-refractivity contribution in [2.24, 2.45) is 0 Å². The summed E-state index contributed by atoms with van der Waals surface area (Å²) >= 11 is 1.09. The van der Waals surface area contributed by atoms with E-state index >= 15 is 0 Å². The number of hydrogen-bond acceptors (Lipinski definition) is 6. The highest BCUT2D eigenvalue weighted by atomic mass is 32.1. The van der Waals surface area contributed by atoms with Crippen molar-refractivity contribution in [2.45, 2.75) is 0 Å². The molecule has 0 aliphatic heterocycles. The SMILES string of the molecule is C=CCNC(=O)c1nc(C(=O)Nc2ccc(OC)cc2OC)cs1. The van der Waals surface area contributed by atoms with Crippen molar-refractivity contribution < 1.29 is 19.1 Å². The summed E-state index contributed by atoms with van der Waals surface area (Å²) in [5.74, 6) is 0.292. The molecule has 0 fully saturated rings. The van der Waals surface area contributed by atoms with E-state index in [9.17, 15) is 9.59 Å². The topological polar surface area (TPSA) is 89.6 Å². The van der Waals surface area contributed by atoms with Crippen LogP contribution in [0.25, 0.3) is 0 Å². The van der Waals surface area contributed by atoms with Gasteiger partial charge in [0.1, 0.15) is 17.2 Å². The first-order valence-corrected chi connectivity index (χ1v) is 7.85. The molecule has 0 unspecified atom stereocenters. The number of anilines is 1. The monoisotopic (exact) mass is 347 g/mol. The Morgan fingerprint density at radius 2 is 2.08 bits per heavy atom. The van der Waals surface area contributed by atoms with Gasteiger partial charge in [-0.1, -0.05) is 6.08 Å². The van der Waals surface area contributed by atoms with E-state index in [-0.39, 0.29) is 16.6 Å². The second-order valence-electron chi connectivity index (χ2n) is 4.56. The number of methoxy groups -OCH3 is 2. The molecule has 0 saturated heterocycles. The van der Waals surface area contributed by atoms with Crippen molar-refractivity contribution in [1.29, 1.82) is 0 Å². The highest BCUT2D eigenvalue weighted by molar-refractivity contribution is 7.11. The van der Waals surface area contributed by atoms with E-state index in [1.165, 1.54) is 12.5 Å². The lowest BCUT2D eigenvalue weighted by Gasteiger charge is -2.10. The number of nitrogens with zero attached hydrogens (tertiary/aromatic N) is 1. The van der Waals surface area contributed by atoms with Crippen LogP contribution in [0.15, 0.2) is 36.2 Å². The number of amides is 2. The summed E-state index contributed by atoms with van der Waals surface area (Å²) in [5, 5.41) is 7.04. The van der Waals surface area contributed by atoms with Crippen molar-refractivity contribution in [3.63, 3.8) is 0 Å². The molecule has 8 heteroatoms. The molecule has 0 radical (unpaired) electrons. The fourth-order valence-corrected chi connectivity index (χ4v) is 2.52. The first kappa shape index (κ1) is 17.5. The first-order valence-electron chi connectivity index (χ1n) is 6.97. The maximum Gasteiger partial charge on any atom is 0.280 e. The molecule has 0 spiro atoms. The van der Waals surface area contributed by atoms with Gasteiger partial charge in [-0.25, -0.2) is 4.98 Å². The number of carbonyl (C=O) groups excluding carboxylic acids is 2. The van der Waals surface area contributed by atoms with Gasteiger partial charge < -0.3 is 20.1 Å². The van der Waals surface area contributed by atoms with Gasteiger partial charge in [0.25, 0.3) is 11.8 Å². The third kappa shape index (κ3) is 4.11. The van der Waals surface area contributed by atoms with Gasteiger partial charge in [-0.15, -0.1) is 17.9 Å². The Bertz CT molecular complexity index is 758. The summed E-state index contributed by atoms with van der Waals surface area (Å²) in [6.45, 7) is 3.85. The molecule has 0 atom stereocenters.